The van der Waals surface area contributed by atoms with Crippen molar-refractivity contribution >= 4 is 0 Å². The van der Waals surface area contributed by atoms with Gasteiger partial charge < -0.3 is 10.1 Å². The summed E-state index contributed by atoms with van der Waals surface area (Å²) in [5.74, 6) is 0. The van der Waals surface area contributed by atoms with Gasteiger partial charge >= 0.3 is 0 Å². The van der Waals surface area contributed by atoms with E-state index in [0.717, 1.165) is 6.42 Å². The third kappa shape index (κ3) is 1.36. The number of hydrogen-bond acceptors (Lipinski definition) is 2. The molecule has 13 heavy (non-hydrogen) atoms. The molecule has 0 aromatic heterocycles. The number of fused-ring (bicyclic) bond motifs is 1. The minimum atomic E-state index is 0.294. The molecule has 0 saturated heterocycles. The lowest BCUT2D eigenvalue weighted by atomic mass is 10.1. The van der Waals surface area contributed by atoms with Crippen LogP contribution in [0.15, 0.2) is 24.3 Å². The summed E-state index contributed by atoms with van der Waals surface area (Å²) in [6.45, 7) is 0. The highest BCUT2D eigenvalue weighted by atomic mass is 16.5. The standard InChI is InChI=1S/C11H15NO/c1-12-11-9-6-4-3-5-8(9)7-10(11)13-2/h3-6,10-12H,7H2,1-2H3. The molecule has 2 heteroatoms. The number of methoxy groups -OCH3 is 1. The molecule has 2 nitrogen and oxygen atoms in total. The van der Waals surface area contributed by atoms with Crippen LogP contribution in [-0.4, -0.2) is 20.3 Å². The number of nitrogens with one attached hydrogen (secondary N) is 1. The minimum absolute atomic E-state index is 0.294. The largest absolute Gasteiger partial charge is 0.379 e. The van der Waals surface area contributed by atoms with E-state index < -0.39 is 0 Å². The third-order valence-electron chi connectivity index (χ3n) is 2.80. The second kappa shape index (κ2) is 3.48. The smallest absolute Gasteiger partial charge is 0.0806 e. The van der Waals surface area contributed by atoms with E-state index in [9.17, 15) is 0 Å². The van der Waals surface area contributed by atoms with Crippen molar-refractivity contribution in [2.75, 3.05) is 14.2 Å². The Morgan fingerprint density at radius 1 is 1.38 bits per heavy atom. The Morgan fingerprint density at radius 2 is 2.15 bits per heavy atom. The van der Waals surface area contributed by atoms with E-state index in [2.05, 4.69) is 29.6 Å². The molecule has 2 unspecified atom stereocenters. The van der Waals surface area contributed by atoms with Crippen LogP contribution in [0.25, 0.3) is 0 Å². The predicted molar refractivity (Wildman–Crippen MR) is 52.7 cm³/mol. The minimum Gasteiger partial charge on any atom is -0.379 e. The van der Waals surface area contributed by atoms with Crippen molar-refractivity contribution in [2.45, 2.75) is 18.6 Å². The predicted octanol–water partition coefficient (Wildman–Crippen LogP) is 1.52. The van der Waals surface area contributed by atoms with E-state index in [1.54, 1.807) is 7.11 Å². The average Bonchev–Trinajstić information content (AvgIpc) is 2.55. The second-order valence-electron chi connectivity index (χ2n) is 3.44. The molecule has 1 aromatic rings. The number of rotatable bonds is 2. The number of hydrogen-bond donors (Lipinski definition) is 1. The van der Waals surface area contributed by atoms with Crippen molar-refractivity contribution in [3.05, 3.63) is 35.4 Å². The van der Waals surface area contributed by atoms with Gasteiger partial charge in [0, 0.05) is 13.5 Å². The molecule has 1 aliphatic carbocycles. The first kappa shape index (κ1) is 8.73. The number of benzene rings is 1. The lowest BCUT2D eigenvalue weighted by Crippen LogP contribution is -2.27. The van der Waals surface area contributed by atoms with Crippen molar-refractivity contribution < 1.29 is 4.74 Å². The summed E-state index contributed by atoms with van der Waals surface area (Å²) < 4.78 is 5.43. The summed E-state index contributed by atoms with van der Waals surface area (Å²) in [5.41, 5.74) is 2.80. The van der Waals surface area contributed by atoms with Crippen LogP contribution >= 0.6 is 0 Å². The molecule has 1 aliphatic rings. The highest BCUT2D eigenvalue weighted by molar-refractivity contribution is 5.36. The number of likely N-dealkylation sites (N-methyl/N-ethyl adjacent to an activating group) is 1. The van der Waals surface area contributed by atoms with Gasteiger partial charge in [-0.2, -0.15) is 0 Å². The summed E-state index contributed by atoms with van der Waals surface area (Å²) in [7, 11) is 3.76. The van der Waals surface area contributed by atoms with Crippen LogP contribution in [0.1, 0.15) is 17.2 Å². The first-order valence-corrected chi connectivity index (χ1v) is 4.64. The average molecular weight is 177 g/mol. The van der Waals surface area contributed by atoms with Gasteiger partial charge in [0.15, 0.2) is 0 Å². The zero-order valence-corrected chi connectivity index (χ0v) is 8.08. The van der Waals surface area contributed by atoms with Crippen LogP contribution in [0.4, 0.5) is 0 Å². The van der Waals surface area contributed by atoms with Crippen LogP contribution in [0, 0.1) is 0 Å². The van der Waals surface area contributed by atoms with Gasteiger partial charge in [-0.05, 0) is 18.2 Å². The maximum atomic E-state index is 5.43. The highest BCUT2D eigenvalue weighted by Gasteiger charge is 2.30. The molecule has 0 saturated carbocycles. The van der Waals surface area contributed by atoms with Gasteiger partial charge in [-0.15, -0.1) is 0 Å². The molecular weight excluding hydrogens is 162 g/mol. The SMILES string of the molecule is CNC1c2ccccc2CC1OC. The molecule has 0 radical (unpaired) electrons. The van der Waals surface area contributed by atoms with Gasteiger partial charge in [0.1, 0.15) is 0 Å². The van der Waals surface area contributed by atoms with E-state index in [4.69, 9.17) is 4.74 Å². The lowest BCUT2D eigenvalue weighted by Gasteiger charge is -2.17. The van der Waals surface area contributed by atoms with E-state index in [1.165, 1.54) is 11.1 Å². The van der Waals surface area contributed by atoms with Gasteiger partial charge in [0.2, 0.25) is 0 Å². The Labute approximate surface area is 78.9 Å². The fourth-order valence-corrected chi connectivity index (χ4v) is 2.12. The normalized spacial score (nSPS) is 26.0. The highest BCUT2D eigenvalue weighted by Crippen LogP contribution is 2.32. The van der Waals surface area contributed by atoms with Crippen molar-refractivity contribution in [1.29, 1.82) is 0 Å². The van der Waals surface area contributed by atoms with Crippen LogP contribution in [-0.2, 0) is 11.2 Å². The molecule has 0 bridgehead atoms. The van der Waals surface area contributed by atoms with Crippen LogP contribution in [0.5, 0.6) is 0 Å². The zero-order chi connectivity index (χ0) is 9.26. The van der Waals surface area contributed by atoms with Crippen molar-refractivity contribution in [3.63, 3.8) is 0 Å². The maximum Gasteiger partial charge on any atom is 0.0806 e. The van der Waals surface area contributed by atoms with Crippen molar-refractivity contribution in [2.24, 2.45) is 0 Å². The van der Waals surface area contributed by atoms with E-state index in [-0.39, 0.29) is 0 Å². The Kier molecular flexibility index (Phi) is 2.34. The number of ether oxygens (including phenoxy) is 1. The van der Waals surface area contributed by atoms with Gasteiger partial charge in [-0.3, -0.25) is 0 Å². The summed E-state index contributed by atoms with van der Waals surface area (Å²) in [6.07, 6.45) is 1.32. The first-order valence-electron chi connectivity index (χ1n) is 4.64. The quantitative estimate of drug-likeness (QED) is 0.739. The molecule has 1 aromatic carbocycles. The van der Waals surface area contributed by atoms with Crippen LogP contribution in [0.2, 0.25) is 0 Å². The molecule has 2 rings (SSSR count). The topological polar surface area (TPSA) is 21.3 Å². The fraction of sp³-hybridized carbons (Fsp3) is 0.455. The lowest BCUT2D eigenvalue weighted by molar-refractivity contribution is 0.0815. The van der Waals surface area contributed by atoms with Gasteiger partial charge in [0.05, 0.1) is 12.1 Å². The molecule has 0 fully saturated rings. The summed E-state index contributed by atoms with van der Waals surface area (Å²) in [4.78, 5) is 0. The Hall–Kier alpha value is -0.860. The summed E-state index contributed by atoms with van der Waals surface area (Å²) in [6, 6.07) is 8.89. The van der Waals surface area contributed by atoms with Crippen LogP contribution in [0.3, 0.4) is 0 Å². The summed E-state index contributed by atoms with van der Waals surface area (Å²) >= 11 is 0. The van der Waals surface area contributed by atoms with Crippen molar-refractivity contribution in [1.82, 2.24) is 5.32 Å². The van der Waals surface area contributed by atoms with Gasteiger partial charge in [-0.25, -0.2) is 0 Å². The van der Waals surface area contributed by atoms with E-state index in [0.29, 0.717) is 12.1 Å². The third-order valence-corrected chi connectivity index (χ3v) is 2.80. The molecule has 1 N–H and O–H groups in total. The maximum absolute atomic E-state index is 5.43. The molecule has 2 atom stereocenters. The van der Waals surface area contributed by atoms with Gasteiger partial charge in [-0.1, -0.05) is 24.3 Å². The zero-order valence-electron chi connectivity index (χ0n) is 8.08. The molecular formula is C11H15NO. The monoisotopic (exact) mass is 177 g/mol. The van der Waals surface area contributed by atoms with E-state index in [1.807, 2.05) is 7.05 Å². The van der Waals surface area contributed by atoms with Crippen LogP contribution < -0.4 is 5.32 Å². The second-order valence-corrected chi connectivity index (χ2v) is 3.44. The van der Waals surface area contributed by atoms with Crippen molar-refractivity contribution in [3.8, 4) is 0 Å². The molecule has 70 valence electrons. The van der Waals surface area contributed by atoms with Gasteiger partial charge in [0.25, 0.3) is 0 Å². The summed E-state index contributed by atoms with van der Waals surface area (Å²) in [5, 5.41) is 3.30. The van der Waals surface area contributed by atoms with E-state index >= 15 is 0 Å². The molecule has 0 amide bonds. The fourth-order valence-electron chi connectivity index (χ4n) is 2.12. The molecule has 0 heterocycles. The molecule has 0 aliphatic heterocycles. The Balaban J connectivity index is 2.34. The Bertz CT molecular complexity index is 298. The molecule has 0 spiro atoms. The Morgan fingerprint density at radius 3 is 2.85 bits per heavy atom. The first-order chi connectivity index (χ1) is 6.36.